The molecule has 1 aliphatic heterocycles. The first-order valence-electron chi connectivity index (χ1n) is 10.5. The number of amides is 1. The number of hydrogen-bond acceptors (Lipinski definition) is 6. The van der Waals surface area contributed by atoms with Crippen LogP contribution in [-0.2, 0) is 14.9 Å². The predicted octanol–water partition coefficient (Wildman–Crippen LogP) is 3.60. The smallest absolute Gasteiger partial charge is 0.244 e. The lowest BCUT2D eigenvalue weighted by molar-refractivity contribution is -0.116. The maximum absolute atomic E-state index is 12.6. The summed E-state index contributed by atoms with van der Waals surface area (Å²) in [6.45, 7) is 1.87. The van der Waals surface area contributed by atoms with Crippen LogP contribution < -0.4 is 24.3 Å². The summed E-state index contributed by atoms with van der Waals surface area (Å²) in [5.74, 6) is 2.23. The molecule has 1 fully saturated rings. The van der Waals surface area contributed by atoms with Gasteiger partial charge in [0, 0.05) is 31.2 Å². The number of carbonyl (C=O) groups excluding carboxylic acids is 1. The summed E-state index contributed by atoms with van der Waals surface area (Å²) in [7, 11) is 6.33. The van der Waals surface area contributed by atoms with Crippen LogP contribution in [0.15, 0.2) is 42.5 Å². The van der Waals surface area contributed by atoms with Crippen LogP contribution in [-0.4, -0.2) is 54.1 Å². The Morgan fingerprint density at radius 1 is 0.969 bits per heavy atom. The Morgan fingerprint density at radius 2 is 1.59 bits per heavy atom. The summed E-state index contributed by atoms with van der Waals surface area (Å²) in [6, 6.07) is 11.6. The average molecular weight is 442 g/mol. The van der Waals surface area contributed by atoms with E-state index in [4.69, 9.17) is 23.7 Å². The third-order valence-corrected chi connectivity index (χ3v) is 5.87. The van der Waals surface area contributed by atoms with E-state index >= 15 is 0 Å². The Bertz CT molecular complexity index is 907. The third kappa shape index (κ3) is 5.34. The molecule has 1 heterocycles. The van der Waals surface area contributed by atoms with Crippen molar-refractivity contribution in [1.29, 1.82) is 0 Å². The van der Waals surface area contributed by atoms with Crippen molar-refractivity contribution in [2.75, 3.05) is 48.2 Å². The van der Waals surface area contributed by atoms with Crippen molar-refractivity contribution in [3.63, 3.8) is 0 Å². The molecular weight excluding hydrogens is 410 g/mol. The summed E-state index contributed by atoms with van der Waals surface area (Å²) in [6.07, 6.45) is 4.93. The molecule has 3 rings (SSSR count). The lowest BCUT2D eigenvalue weighted by Gasteiger charge is -2.38. The second-order valence-electron chi connectivity index (χ2n) is 7.63. The number of carbonyl (C=O) groups is 1. The molecule has 2 aromatic rings. The highest BCUT2D eigenvalue weighted by atomic mass is 16.5. The molecule has 0 unspecified atom stereocenters. The molecule has 0 saturated carbocycles. The van der Waals surface area contributed by atoms with E-state index in [0.717, 1.165) is 24.2 Å². The monoisotopic (exact) mass is 441 g/mol. The van der Waals surface area contributed by atoms with Gasteiger partial charge in [-0.25, -0.2) is 0 Å². The van der Waals surface area contributed by atoms with Crippen LogP contribution in [0.3, 0.4) is 0 Å². The number of ether oxygens (including phenoxy) is 5. The van der Waals surface area contributed by atoms with Gasteiger partial charge in [-0.2, -0.15) is 0 Å². The first kappa shape index (κ1) is 23.5. The van der Waals surface area contributed by atoms with Gasteiger partial charge in [0.25, 0.3) is 0 Å². The van der Waals surface area contributed by atoms with Gasteiger partial charge in [0.15, 0.2) is 11.5 Å². The highest BCUT2D eigenvalue weighted by Crippen LogP contribution is 2.38. The molecule has 0 spiro atoms. The maximum atomic E-state index is 12.6. The van der Waals surface area contributed by atoms with Crippen molar-refractivity contribution < 1.29 is 28.5 Å². The Morgan fingerprint density at radius 3 is 2.12 bits per heavy atom. The Balaban J connectivity index is 1.72. The largest absolute Gasteiger partial charge is 0.497 e. The van der Waals surface area contributed by atoms with Crippen LogP contribution in [0.1, 0.15) is 24.0 Å². The second kappa shape index (κ2) is 10.9. The van der Waals surface area contributed by atoms with E-state index in [0.29, 0.717) is 37.0 Å². The quantitative estimate of drug-likeness (QED) is 0.600. The van der Waals surface area contributed by atoms with E-state index in [1.54, 1.807) is 46.6 Å². The first-order chi connectivity index (χ1) is 15.5. The van der Waals surface area contributed by atoms with Crippen LogP contribution in [0, 0.1) is 0 Å². The minimum atomic E-state index is -0.168. The summed E-state index contributed by atoms with van der Waals surface area (Å²) in [5, 5.41) is 3.07. The zero-order valence-corrected chi connectivity index (χ0v) is 19.1. The molecule has 172 valence electrons. The van der Waals surface area contributed by atoms with Crippen LogP contribution in [0.25, 0.3) is 6.08 Å². The van der Waals surface area contributed by atoms with E-state index in [1.807, 2.05) is 12.1 Å². The number of nitrogens with one attached hydrogen (secondary N) is 1. The fourth-order valence-corrected chi connectivity index (χ4v) is 3.96. The zero-order chi connectivity index (χ0) is 23.0. The maximum Gasteiger partial charge on any atom is 0.244 e. The Kier molecular flexibility index (Phi) is 8.00. The van der Waals surface area contributed by atoms with Crippen LogP contribution in [0.2, 0.25) is 0 Å². The normalized spacial score (nSPS) is 15.2. The Labute approximate surface area is 189 Å². The molecule has 1 saturated heterocycles. The summed E-state index contributed by atoms with van der Waals surface area (Å²) < 4.78 is 26.9. The molecule has 0 radical (unpaired) electrons. The lowest BCUT2D eigenvalue weighted by Crippen LogP contribution is -2.44. The van der Waals surface area contributed by atoms with E-state index in [1.165, 1.54) is 11.6 Å². The van der Waals surface area contributed by atoms with Gasteiger partial charge in [0.1, 0.15) is 5.75 Å². The van der Waals surface area contributed by atoms with Gasteiger partial charge in [-0.15, -0.1) is 0 Å². The number of hydrogen-bond donors (Lipinski definition) is 1. The first-order valence-corrected chi connectivity index (χ1v) is 10.5. The van der Waals surface area contributed by atoms with Crippen molar-refractivity contribution in [3.8, 4) is 23.0 Å². The molecule has 0 bridgehead atoms. The fourth-order valence-electron chi connectivity index (χ4n) is 3.96. The van der Waals surface area contributed by atoms with Crippen LogP contribution >= 0.6 is 0 Å². The van der Waals surface area contributed by atoms with Gasteiger partial charge >= 0.3 is 0 Å². The summed E-state index contributed by atoms with van der Waals surface area (Å²) in [5.41, 5.74) is 1.78. The fraction of sp³-hybridized carbons (Fsp3) is 0.400. The van der Waals surface area contributed by atoms with Gasteiger partial charge in [0.2, 0.25) is 11.7 Å². The molecule has 0 aliphatic carbocycles. The molecule has 7 heteroatoms. The van der Waals surface area contributed by atoms with E-state index in [-0.39, 0.29) is 11.3 Å². The molecule has 7 nitrogen and oxygen atoms in total. The van der Waals surface area contributed by atoms with Gasteiger partial charge in [-0.05, 0) is 54.3 Å². The van der Waals surface area contributed by atoms with Crippen molar-refractivity contribution in [2.45, 2.75) is 18.3 Å². The van der Waals surface area contributed by atoms with E-state index < -0.39 is 0 Å². The standard InChI is InChI=1S/C25H31NO6/c1-28-20-8-6-19(7-9-20)25(11-13-32-14-12-25)17-26-23(27)10-5-18-15-21(29-2)24(31-4)22(16-18)30-3/h5-10,15-16H,11-14,17H2,1-4H3,(H,26,27)/b10-5+. The van der Waals surface area contributed by atoms with Gasteiger partial charge in [0.05, 0.1) is 28.4 Å². The zero-order valence-electron chi connectivity index (χ0n) is 19.1. The Hall–Kier alpha value is -3.19. The predicted molar refractivity (Wildman–Crippen MR) is 123 cm³/mol. The molecule has 1 amide bonds. The molecule has 1 N–H and O–H groups in total. The van der Waals surface area contributed by atoms with E-state index in [9.17, 15) is 4.79 Å². The molecule has 32 heavy (non-hydrogen) atoms. The number of rotatable bonds is 9. The minimum Gasteiger partial charge on any atom is -0.497 e. The lowest BCUT2D eigenvalue weighted by atomic mass is 9.74. The van der Waals surface area contributed by atoms with Gasteiger partial charge < -0.3 is 29.0 Å². The second-order valence-corrected chi connectivity index (χ2v) is 7.63. The number of methoxy groups -OCH3 is 4. The van der Waals surface area contributed by atoms with Crippen molar-refractivity contribution in [1.82, 2.24) is 5.32 Å². The SMILES string of the molecule is COc1ccc(C2(CNC(=O)/C=C/c3cc(OC)c(OC)c(OC)c3)CCOCC2)cc1. The molecular formula is C25H31NO6. The molecule has 2 aromatic carbocycles. The molecule has 0 aromatic heterocycles. The van der Waals surface area contributed by atoms with Crippen molar-refractivity contribution in [2.24, 2.45) is 0 Å². The number of benzene rings is 2. The van der Waals surface area contributed by atoms with Crippen molar-refractivity contribution in [3.05, 3.63) is 53.6 Å². The van der Waals surface area contributed by atoms with Gasteiger partial charge in [-0.1, -0.05) is 12.1 Å². The van der Waals surface area contributed by atoms with Crippen molar-refractivity contribution >= 4 is 12.0 Å². The van der Waals surface area contributed by atoms with Gasteiger partial charge in [-0.3, -0.25) is 4.79 Å². The minimum absolute atomic E-state index is 0.166. The third-order valence-electron chi connectivity index (χ3n) is 5.87. The summed E-state index contributed by atoms with van der Waals surface area (Å²) in [4.78, 5) is 12.6. The van der Waals surface area contributed by atoms with Crippen LogP contribution in [0.4, 0.5) is 0 Å². The highest BCUT2D eigenvalue weighted by Gasteiger charge is 2.34. The molecule has 0 atom stereocenters. The highest BCUT2D eigenvalue weighted by molar-refractivity contribution is 5.92. The molecule has 1 aliphatic rings. The summed E-state index contributed by atoms with van der Waals surface area (Å²) >= 11 is 0. The topological polar surface area (TPSA) is 75.3 Å². The van der Waals surface area contributed by atoms with Crippen LogP contribution in [0.5, 0.6) is 23.0 Å². The van der Waals surface area contributed by atoms with E-state index in [2.05, 4.69) is 17.4 Å². The average Bonchev–Trinajstić information content (AvgIpc) is 2.86.